The minimum Gasteiger partial charge on any atom is -0.160 e. The maximum absolute atomic E-state index is 2.29. The molecule has 0 saturated carbocycles. The van der Waals surface area contributed by atoms with Gasteiger partial charge in [-0.2, -0.15) is 47.0 Å². The fraction of sp³-hybridized carbons (Fsp3) is 0.625. The zero-order chi connectivity index (χ0) is 15.3. The summed E-state index contributed by atoms with van der Waals surface area (Å²) in [6.45, 7) is 0. The first-order valence-corrected chi connectivity index (χ1v) is 14.2. The van der Waals surface area contributed by atoms with E-state index in [2.05, 4.69) is 71.3 Å². The van der Waals surface area contributed by atoms with Gasteiger partial charge in [0.2, 0.25) is 0 Å². The van der Waals surface area contributed by atoms with E-state index in [0.717, 1.165) is 0 Å². The van der Waals surface area contributed by atoms with Gasteiger partial charge in [0, 0.05) is 67.3 Å². The van der Waals surface area contributed by atoms with Gasteiger partial charge in [0.1, 0.15) is 0 Å². The predicted octanol–water partition coefficient (Wildman–Crippen LogP) is 5.82. The smallest absolute Gasteiger partial charge is 0.0208 e. The Morgan fingerprint density at radius 1 is 0.455 bits per heavy atom. The summed E-state index contributed by atoms with van der Waals surface area (Å²) in [5.41, 5.74) is 0. The van der Waals surface area contributed by atoms with Crippen LogP contribution in [0.5, 0.6) is 0 Å². The summed E-state index contributed by atoms with van der Waals surface area (Å²) in [5, 5.41) is 0. The highest BCUT2D eigenvalue weighted by Crippen LogP contribution is 2.31. The van der Waals surface area contributed by atoms with Crippen LogP contribution in [0.25, 0.3) is 0 Å². The summed E-state index contributed by atoms with van der Waals surface area (Å²) < 4.78 is 0. The first kappa shape index (κ1) is 19.6. The monoisotopic (exact) mass is 408 g/mol. The highest BCUT2D eigenvalue weighted by molar-refractivity contribution is 8.06. The normalized spacial score (nSPS) is 20.5. The van der Waals surface area contributed by atoms with Crippen molar-refractivity contribution in [3.8, 4) is 0 Å². The zero-order valence-corrected chi connectivity index (χ0v) is 17.7. The molecule has 0 amide bonds. The number of hydrogen-bond acceptors (Lipinski definition) is 6. The van der Waals surface area contributed by atoms with Gasteiger partial charge in [-0.05, 0) is 12.1 Å². The van der Waals surface area contributed by atoms with Crippen LogP contribution in [0, 0.1) is 0 Å². The second kappa shape index (κ2) is 13.6. The Morgan fingerprint density at radius 2 is 0.773 bits per heavy atom. The number of rotatable bonds is 0. The molecular formula is C16H24S6. The van der Waals surface area contributed by atoms with Crippen molar-refractivity contribution in [2.24, 2.45) is 0 Å². The second-order valence-electron chi connectivity index (χ2n) is 4.59. The van der Waals surface area contributed by atoms with Gasteiger partial charge in [-0.15, -0.1) is 23.5 Å². The molecule has 1 heterocycles. The van der Waals surface area contributed by atoms with Crippen LogP contribution in [-0.4, -0.2) is 57.5 Å². The van der Waals surface area contributed by atoms with E-state index in [9.17, 15) is 0 Å². The SMILES string of the molecule is c1ccc2c(c1)SCCSCCSCCSCCSCCS2. The first-order chi connectivity index (χ1) is 11.0. The molecule has 2 rings (SSSR count). The summed E-state index contributed by atoms with van der Waals surface area (Å²) in [4.78, 5) is 2.95. The van der Waals surface area contributed by atoms with E-state index in [1.54, 1.807) is 0 Å². The molecule has 0 saturated heterocycles. The van der Waals surface area contributed by atoms with Gasteiger partial charge >= 0.3 is 0 Å². The third-order valence-electron chi connectivity index (χ3n) is 2.94. The van der Waals surface area contributed by atoms with Crippen molar-refractivity contribution in [2.45, 2.75) is 9.79 Å². The van der Waals surface area contributed by atoms with Crippen molar-refractivity contribution in [3.63, 3.8) is 0 Å². The van der Waals surface area contributed by atoms with Gasteiger partial charge < -0.3 is 0 Å². The predicted molar refractivity (Wildman–Crippen MR) is 117 cm³/mol. The Morgan fingerprint density at radius 3 is 1.14 bits per heavy atom. The number of thioether (sulfide) groups is 6. The van der Waals surface area contributed by atoms with Crippen LogP contribution >= 0.6 is 70.6 Å². The zero-order valence-electron chi connectivity index (χ0n) is 12.8. The van der Waals surface area contributed by atoms with Gasteiger partial charge in [-0.3, -0.25) is 0 Å². The Bertz CT molecular complexity index is 361. The van der Waals surface area contributed by atoms with Gasteiger partial charge in [-0.1, -0.05) is 12.1 Å². The van der Waals surface area contributed by atoms with Crippen LogP contribution in [0.15, 0.2) is 34.1 Å². The van der Waals surface area contributed by atoms with Gasteiger partial charge in [0.25, 0.3) is 0 Å². The summed E-state index contributed by atoms with van der Waals surface area (Å²) in [6, 6.07) is 8.92. The van der Waals surface area contributed by atoms with Crippen molar-refractivity contribution in [2.75, 3.05) is 57.5 Å². The minimum atomic E-state index is 1.23. The van der Waals surface area contributed by atoms with Crippen LogP contribution < -0.4 is 0 Å². The summed E-state index contributed by atoms with van der Waals surface area (Å²) in [7, 11) is 0. The molecule has 1 aromatic carbocycles. The number of benzene rings is 1. The summed E-state index contributed by atoms with van der Waals surface area (Å²) in [5.74, 6) is 12.9. The summed E-state index contributed by atoms with van der Waals surface area (Å²) in [6.07, 6.45) is 0. The molecule has 0 aliphatic carbocycles. The van der Waals surface area contributed by atoms with Gasteiger partial charge in [0.15, 0.2) is 0 Å². The van der Waals surface area contributed by atoms with Crippen molar-refractivity contribution in [1.29, 1.82) is 0 Å². The third kappa shape index (κ3) is 8.97. The lowest BCUT2D eigenvalue weighted by Gasteiger charge is -2.09. The Hall–Kier alpha value is 1.32. The molecule has 0 radical (unpaired) electrons. The van der Waals surface area contributed by atoms with E-state index in [1.807, 2.05) is 23.5 Å². The fourth-order valence-corrected chi connectivity index (χ4v) is 8.69. The van der Waals surface area contributed by atoms with E-state index in [1.165, 1.54) is 67.3 Å². The molecule has 0 aromatic heterocycles. The van der Waals surface area contributed by atoms with Crippen LogP contribution in [0.1, 0.15) is 0 Å². The molecule has 1 aromatic rings. The van der Waals surface area contributed by atoms with Gasteiger partial charge in [-0.25, -0.2) is 0 Å². The topological polar surface area (TPSA) is 0 Å². The van der Waals surface area contributed by atoms with E-state index < -0.39 is 0 Å². The average molecular weight is 409 g/mol. The maximum atomic E-state index is 2.29. The molecule has 1 aliphatic heterocycles. The quantitative estimate of drug-likeness (QED) is 0.527. The first-order valence-electron chi connectivity index (χ1n) is 7.62. The van der Waals surface area contributed by atoms with E-state index in [4.69, 9.17) is 0 Å². The van der Waals surface area contributed by atoms with E-state index in [0.29, 0.717) is 0 Å². The third-order valence-corrected chi connectivity index (χ3v) is 10.4. The molecule has 0 unspecified atom stereocenters. The lowest BCUT2D eigenvalue weighted by atomic mass is 10.4. The van der Waals surface area contributed by atoms with Crippen molar-refractivity contribution >= 4 is 70.6 Å². The van der Waals surface area contributed by atoms with Crippen molar-refractivity contribution in [1.82, 2.24) is 0 Å². The molecular weight excluding hydrogens is 385 g/mol. The van der Waals surface area contributed by atoms with Crippen molar-refractivity contribution in [3.05, 3.63) is 24.3 Å². The summed E-state index contributed by atoms with van der Waals surface area (Å²) >= 11 is 12.5. The molecule has 1 aliphatic rings. The molecule has 0 fully saturated rings. The van der Waals surface area contributed by atoms with Crippen LogP contribution in [0.4, 0.5) is 0 Å². The lowest BCUT2D eigenvalue weighted by Crippen LogP contribution is -1.95. The van der Waals surface area contributed by atoms with E-state index >= 15 is 0 Å². The molecule has 124 valence electrons. The molecule has 0 bridgehead atoms. The Kier molecular flexibility index (Phi) is 12.1. The average Bonchev–Trinajstić information content (AvgIpc) is 2.55. The van der Waals surface area contributed by atoms with Crippen LogP contribution in [-0.2, 0) is 0 Å². The molecule has 6 heteroatoms. The molecule has 22 heavy (non-hydrogen) atoms. The molecule has 0 spiro atoms. The molecule has 0 nitrogen and oxygen atoms in total. The fourth-order valence-electron chi connectivity index (χ4n) is 1.87. The van der Waals surface area contributed by atoms with Crippen molar-refractivity contribution < 1.29 is 0 Å². The highest BCUT2D eigenvalue weighted by atomic mass is 32.2. The largest absolute Gasteiger partial charge is 0.160 e. The van der Waals surface area contributed by atoms with Crippen LogP contribution in [0.3, 0.4) is 0 Å². The molecule has 0 N–H and O–H groups in total. The lowest BCUT2D eigenvalue weighted by molar-refractivity contribution is 1.24. The second-order valence-corrected chi connectivity index (χ2v) is 11.8. The minimum absolute atomic E-state index is 1.23. The number of fused-ring (bicyclic) bond motifs is 1. The molecule has 0 atom stereocenters. The van der Waals surface area contributed by atoms with Gasteiger partial charge in [0.05, 0.1) is 0 Å². The Labute approximate surface area is 161 Å². The maximum Gasteiger partial charge on any atom is 0.0208 e. The highest BCUT2D eigenvalue weighted by Gasteiger charge is 2.04. The van der Waals surface area contributed by atoms with Crippen LogP contribution in [0.2, 0.25) is 0 Å². The standard InChI is InChI=1S/C16H24S6/c1-2-4-16-15(3-1)21-13-11-19-9-7-17-5-6-18-8-10-20-12-14-22-16/h1-4H,5-14H2. The van der Waals surface area contributed by atoms with E-state index in [-0.39, 0.29) is 0 Å². The number of hydrogen-bond donors (Lipinski definition) is 0. The Balaban J connectivity index is 1.79.